The molecule has 1 unspecified atom stereocenters. The molecule has 1 aliphatic heterocycles. The van der Waals surface area contributed by atoms with Crippen LogP contribution in [0.3, 0.4) is 0 Å². The minimum absolute atomic E-state index is 0.175. The number of Topliss-reactive ketones (excluding diaryl/α,β-unsaturated/α-hetero) is 1. The molecule has 0 N–H and O–H groups in total. The van der Waals surface area contributed by atoms with Crippen LogP contribution in [0.1, 0.15) is 0 Å². The fourth-order valence-corrected chi connectivity index (χ4v) is 0.705. The molecule has 1 atom stereocenters. The predicted octanol–water partition coefficient (Wildman–Crippen LogP) is -0.919. The van der Waals surface area contributed by atoms with E-state index in [1.54, 1.807) is 0 Å². The molecule has 1 fully saturated rings. The second kappa shape index (κ2) is 3.43. The highest BCUT2D eigenvalue weighted by Gasteiger charge is 2.22. The van der Waals surface area contributed by atoms with Crippen molar-refractivity contribution in [2.75, 3.05) is 19.8 Å². The molecule has 0 aliphatic carbocycles. The maximum atomic E-state index is 10.5. The Bertz CT molecular complexity index is 137. The number of hydrogen-bond acceptors (Lipinski definition) is 4. The lowest BCUT2D eigenvalue weighted by Gasteiger charge is -2.19. The lowest BCUT2D eigenvalue weighted by atomic mass is 10.2. The van der Waals surface area contributed by atoms with E-state index in [0.717, 1.165) is 0 Å². The molecule has 4 nitrogen and oxygen atoms in total. The molecule has 55 valence electrons. The standard InChI is InChI=1S/C6H7O4/c7-3-5(8)6-4-9-1-2-10-6/h6H,1-2,4H2. The van der Waals surface area contributed by atoms with E-state index in [1.807, 2.05) is 0 Å². The SMILES string of the molecule is O=[C]C(=O)C1COCCO1. The second-order valence-corrected chi connectivity index (χ2v) is 1.90. The van der Waals surface area contributed by atoms with E-state index in [0.29, 0.717) is 13.2 Å². The Morgan fingerprint density at radius 1 is 1.50 bits per heavy atom. The zero-order valence-corrected chi connectivity index (χ0v) is 5.33. The van der Waals surface area contributed by atoms with Gasteiger partial charge in [-0.25, -0.2) is 0 Å². The van der Waals surface area contributed by atoms with E-state index in [9.17, 15) is 9.59 Å². The lowest BCUT2D eigenvalue weighted by molar-refractivity contribution is -0.138. The molecule has 1 heterocycles. The van der Waals surface area contributed by atoms with Crippen LogP contribution in [0, 0.1) is 0 Å². The number of rotatable bonds is 2. The van der Waals surface area contributed by atoms with E-state index in [1.165, 1.54) is 6.29 Å². The highest BCUT2D eigenvalue weighted by atomic mass is 16.6. The highest BCUT2D eigenvalue weighted by molar-refractivity contribution is 6.27. The van der Waals surface area contributed by atoms with Crippen LogP contribution in [0.15, 0.2) is 0 Å². The topological polar surface area (TPSA) is 52.6 Å². The molecule has 1 aliphatic rings. The van der Waals surface area contributed by atoms with Gasteiger partial charge in [0.05, 0.1) is 19.8 Å². The largest absolute Gasteiger partial charge is 0.376 e. The molecule has 4 heteroatoms. The normalized spacial score (nSPS) is 25.8. The Hall–Kier alpha value is -0.740. The summed E-state index contributed by atoms with van der Waals surface area (Å²) in [5.41, 5.74) is 0. The molecule has 0 aromatic heterocycles. The average molecular weight is 143 g/mol. The van der Waals surface area contributed by atoms with Crippen LogP contribution in [0.4, 0.5) is 0 Å². The molecule has 0 aromatic rings. The van der Waals surface area contributed by atoms with Crippen molar-refractivity contribution in [3.63, 3.8) is 0 Å². The summed E-state index contributed by atoms with van der Waals surface area (Å²) in [6, 6.07) is 0. The molecule has 1 saturated heterocycles. The zero-order valence-electron chi connectivity index (χ0n) is 5.33. The fourth-order valence-electron chi connectivity index (χ4n) is 0.705. The van der Waals surface area contributed by atoms with Gasteiger partial charge in [-0.2, -0.15) is 0 Å². The maximum absolute atomic E-state index is 10.5. The highest BCUT2D eigenvalue weighted by Crippen LogP contribution is 1.99. The summed E-state index contributed by atoms with van der Waals surface area (Å²) in [7, 11) is 0. The van der Waals surface area contributed by atoms with Gasteiger partial charge in [0, 0.05) is 0 Å². The molecular weight excluding hydrogens is 136 g/mol. The Kier molecular flexibility index (Phi) is 2.53. The van der Waals surface area contributed by atoms with Gasteiger partial charge in [0.25, 0.3) is 6.29 Å². The van der Waals surface area contributed by atoms with Gasteiger partial charge < -0.3 is 9.47 Å². The van der Waals surface area contributed by atoms with Gasteiger partial charge in [-0.1, -0.05) is 0 Å². The molecule has 0 amide bonds. The number of carbonyl (C=O) groups excluding carboxylic acids is 2. The summed E-state index contributed by atoms with van der Waals surface area (Å²) < 4.78 is 9.77. The molecule has 0 saturated carbocycles. The first-order chi connectivity index (χ1) is 4.84. The fraction of sp³-hybridized carbons (Fsp3) is 0.667. The van der Waals surface area contributed by atoms with Gasteiger partial charge in [-0.05, 0) is 0 Å². The number of hydrogen-bond donors (Lipinski definition) is 0. The number of ketones is 1. The van der Waals surface area contributed by atoms with Crippen molar-refractivity contribution in [3.8, 4) is 0 Å². The van der Waals surface area contributed by atoms with Crippen molar-refractivity contribution in [1.29, 1.82) is 0 Å². The molecule has 0 bridgehead atoms. The Labute approximate surface area is 58.1 Å². The Balaban J connectivity index is 2.38. The third-order valence-electron chi connectivity index (χ3n) is 1.21. The van der Waals surface area contributed by atoms with Crippen LogP contribution >= 0.6 is 0 Å². The first-order valence-electron chi connectivity index (χ1n) is 2.96. The monoisotopic (exact) mass is 143 g/mol. The average Bonchev–Trinajstić information content (AvgIpc) is 2.05. The summed E-state index contributed by atoms with van der Waals surface area (Å²) in [5, 5.41) is 0. The van der Waals surface area contributed by atoms with E-state index in [2.05, 4.69) is 0 Å². The number of ether oxygens (including phenoxy) is 2. The van der Waals surface area contributed by atoms with Crippen molar-refractivity contribution in [2.45, 2.75) is 6.10 Å². The first kappa shape index (κ1) is 7.37. The van der Waals surface area contributed by atoms with Crippen LogP contribution < -0.4 is 0 Å². The van der Waals surface area contributed by atoms with E-state index in [4.69, 9.17) is 9.47 Å². The van der Waals surface area contributed by atoms with Crippen LogP contribution in [-0.4, -0.2) is 38.0 Å². The van der Waals surface area contributed by atoms with E-state index in [-0.39, 0.29) is 6.61 Å². The maximum Gasteiger partial charge on any atom is 0.275 e. The van der Waals surface area contributed by atoms with Crippen LogP contribution in [0.5, 0.6) is 0 Å². The molecule has 10 heavy (non-hydrogen) atoms. The van der Waals surface area contributed by atoms with Gasteiger partial charge >= 0.3 is 0 Å². The lowest BCUT2D eigenvalue weighted by Crippen LogP contribution is -2.35. The molecule has 1 radical (unpaired) electrons. The van der Waals surface area contributed by atoms with Crippen molar-refractivity contribution in [1.82, 2.24) is 0 Å². The third kappa shape index (κ3) is 1.62. The van der Waals surface area contributed by atoms with E-state index < -0.39 is 11.9 Å². The molecular formula is C6H7O4. The minimum atomic E-state index is -0.716. The number of carbonyl (C=O) groups is 1. The molecule has 0 aromatic carbocycles. The minimum Gasteiger partial charge on any atom is -0.376 e. The van der Waals surface area contributed by atoms with E-state index >= 15 is 0 Å². The molecule has 1 rings (SSSR count). The van der Waals surface area contributed by atoms with Crippen LogP contribution in [-0.2, 0) is 19.1 Å². The van der Waals surface area contributed by atoms with Crippen molar-refractivity contribution in [3.05, 3.63) is 0 Å². The second-order valence-electron chi connectivity index (χ2n) is 1.90. The van der Waals surface area contributed by atoms with Crippen molar-refractivity contribution >= 4 is 12.1 Å². The molecule has 0 spiro atoms. The van der Waals surface area contributed by atoms with Gasteiger partial charge in [-0.15, -0.1) is 0 Å². The first-order valence-corrected chi connectivity index (χ1v) is 2.96. The summed E-state index contributed by atoms with van der Waals surface area (Å²) in [6.07, 6.45) is 0.524. The summed E-state index contributed by atoms with van der Waals surface area (Å²) in [5.74, 6) is -0.667. The van der Waals surface area contributed by atoms with Crippen molar-refractivity contribution in [2.24, 2.45) is 0 Å². The Morgan fingerprint density at radius 2 is 2.30 bits per heavy atom. The van der Waals surface area contributed by atoms with Gasteiger partial charge in [-0.3, -0.25) is 9.59 Å². The van der Waals surface area contributed by atoms with Crippen LogP contribution in [0.2, 0.25) is 0 Å². The van der Waals surface area contributed by atoms with Gasteiger partial charge in [0.2, 0.25) is 5.78 Å². The van der Waals surface area contributed by atoms with Crippen molar-refractivity contribution < 1.29 is 19.1 Å². The quantitative estimate of drug-likeness (QED) is 0.469. The van der Waals surface area contributed by atoms with Gasteiger partial charge in [0.1, 0.15) is 6.10 Å². The third-order valence-corrected chi connectivity index (χ3v) is 1.21. The summed E-state index contributed by atoms with van der Waals surface area (Å²) in [4.78, 5) is 20.3. The Morgan fingerprint density at radius 3 is 2.80 bits per heavy atom. The van der Waals surface area contributed by atoms with Gasteiger partial charge in [0.15, 0.2) is 0 Å². The summed E-state index contributed by atoms with van der Waals surface area (Å²) >= 11 is 0. The summed E-state index contributed by atoms with van der Waals surface area (Å²) in [6.45, 7) is 1.04. The smallest absolute Gasteiger partial charge is 0.275 e. The van der Waals surface area contributed by atoms with Crippen LogP contribution in [0.25, 0.3) is 0 Å². The zero-order chi connectivity index (χ0) is 7.40. The predicted molar refractivity (Wildman–Crippen MR) is 31.3 cm³/mol.